The number of benzene rings is 1. The van der Waals surface area contributed by atoms with E-state index in [4.69, 9.17) is 0 Å². The van der Waals surface area contributed by atoms with E-state index in [1.54, 1.807) is 0 Å². The van der Waals surface area contributed by atoms with Crippen LogP contribution in [0.1, 0.15) is 26.5 Å². The zero-order valence-electron chi connectivity index (χ0n) is 13.1. The monoisotopic (exact) mass is 274 g/mol. The van der Waals surface area contributed by atoms with Gasteiger partial charge in [-0.2, -0.15) is 5.10 Å². The number of aromatic nitrogens is 2. The predicted octanol–water partition coefficient (Wildman–Crippen LogP) is 2.39. The molecule has 20 heavy (non-hydrogen) atoms. The van der Waals surface area contributed by atoms with E-state index in [0.717, 1.165) is 26.2 Å². The van der Waals surface area contributed by atoms with E-state index < -0.39 is 0 Å². The second-order valence-corrected chi connectivity index (χ2v) is 5.57. The minimum Gasteiger partial charge on any atom is -0.313 e. The van der Waals surface area contributed by atoms with Gasteiger partial charge in [-0.3, -0.25) is 9.58 Å². The molecule has 0 fully saturated rings. The summed E-state index contributed by atoms with van der Waals surface area (Å²) in [4.78, 5) is 2.43. The van der Waals surface area contributed by atoms with Crippen LogP contribution in [0.4, 0.5) is 0 Å². The Balaban J connectivity index is 2.06. The van der Waals surface area contributed by atoms with Gasteiger partial charge < -0.3 is 5.32 Å². The minimum atomic E-state index is 0.546. The molecule has 2 aromatic rings. The smallest absolute Gasteiger partial charge is 0.0843 e. The lowest BCUT2D eigenvalue weighted by atomic mass is 10.2. The molecule has 0 saturated heterocycles. The Hall–Kier alpha value is -1.39. The van der Waals surface area contributed by atoms with Gasteiger partial charge in [-0.05, 0) is 12.6 Å². The Kier molecular flexibility index (Phi) is 5.15. The number of rotatable bonds is 7. The molecule has 1 heterocycles. The topological polar surface area (TPSA) is 33.1 Å². The van der Waals surface area contributed by atoms with Crippen molar-refractivity contribution in [2.24, 2.45) is 7.05 Å². The number of hydrogen-bond acceptors (Lipinski definition) is 3. The van der Waals surface area contributed by atoms with Gasteiger partial charge in [0.25, 0.3) is 0 Å². The summed E-state index contributed by atoms with van der Waals surface area (Å²) in [5.74, 6) is 0. The fraction of sp³-hybridized carbons (Fsp3) is 0.562. The molecule has 0 aliphatic rings. The van der Waals surface area contributed by atoms with Crippen LogP contribution in [0, 0.1) is 0 Å². The van der Waals surface area contributed by atoms with Crippen molar-refractivity contribution < 1.29 is 0 Å². The van der Waals surface area contributed by atoms with Crippen molar-refractivity contribution in [1.82, 2.24) is 20.0 Å². The van der Waals surface area contributed by atoms with Gasteiger partial charge in [0, 0.05) is 38.1 Å². The molecule has 0 saturated carbocycles. The number of hydrogen-bond donors (Lipinski definition) is 1. The molecule has 0 atom stereocenters. The number of fused-ring (bicyclic) bond motifs is 1. The zero-order chi connectivity index (χ0) is 14.5. The average Bonchev–Trinajstić information content (AvgIpc) is 2.74. The fourth-order valence-corrected chi connectivity index (χ4v) is 2.48. The Morgan fingerprint density at radius 2 is 2.05 bits per heavy atom. The molecule has 0 spiro atoms. The van der Waals surface area contributed by atoms with E-state index in [-0.39, 0.29) is 0 Å². The molecule has 2 rings (SSSR count). The van der Waals surface area contributed by atoms with Crippen molar-refractivity contribution in [1.29, 1.82) is 0 Å². The van der Waals surface area contributed by atoms with Crippen molar-refractivity contribution in [3.63, 3.8) is 0 Å². The van der Waals surface area contributed by atoms with Crippen LogP contribution in [-0.4, -0.2) is 40.4 Å². The lowest BCUT2D eigenvalue weighted by Gasteiger charge is -2.20. The largest absolute Gasteiger partial charge is 0.313 e. The SMILES string of the molecule is CCN(CCNC(C)C)Cc1nn(C)c2ccccc12. The summed E-state index contributed by atoms with van der Waals surface area (Å²) < 4.78 is 1.98. The van der Waals surface area contributed by atoms with Gasteiger partial charge in [-0.15, -0.1) is 0 Å². The van der Waals surface area contributed by atoms with Gasteiger partial charge in [-0.25, -0.2) is 0 Å². The van der Waals surface area contributed by atoms with Crippen molar-refractivity contribution >= 4 is 10.9 Å². The van der Waals surface area contributed by atoms with Crippen LogP contribution in [0.3, 0.4) is 0 Å². The maximum atomic E-state index is 4.68. The summed E-state index contributed by atoms with van der Waals surface area (Å²) in [6.45, 7) is 10.6. The van der Waals surface area contributed by atoms with Crippen molar-refractivity contribution in [2.45, 2.75) is 33.4 Å². The Morgan fingerprint density at radius 3 is 2.75 bits per heavy atom. The van der Waals surface area contributed by atoms with E-state index in [9.17, 15) is 0 Å². The highest BCUT2D eigenvalue weighted by atomic mass is 15.3. The standard InChI is InChI=1S/C16H26N4/c1-5-20(11-10-17-13(2)3)12-15-14-8-6-7-9-16(14)19(4)18-15/h6-9,13,17H,5,10-12H2,1-4H3. The van der Waals surface area contributed by atoms with Crippen molar-refractivity contribution in [2.75, 3.05) is 19.6 Å². The van der Waals surface area contributed by atoms with Crippen LogP contribution >= 0.6 is 0 Å². The predicted molar refractivity (Wildman–Crippen MR) is 84.8 cm³/mol. The first-order valence-electron chi connectivity index (χ1n) is 7.48. The lowest BCUT2D eigenvalue weighted by molar-refractivity contribution is 0.273. The number of para-hydroxylation sites is 1. The van der Waals surface area contributed by atoms with E-state index in [1.165, 1.54) is 16.6 Å². The van der Waals surface area contributed by atoms with E-state index in [2.05, 4.69) is 60.4 Å². The zero-order valence-corrected chi connectivity index (χ0v) is 13.1. The molecule has 110 valence electrons. The van der Waals surface area contributed by atoms with Crippen molar-refractivity contribution in [3.05, 3.63) is 30.0 Å². The van der Waals surface area contributed by atoms with Gasteiger partial charge >= 0.3 is 0 Å². The summed E-state index contributed by atoms with van der Waals surface area (Å²) in [6.07, 6.45) is 0. The highest BCUT2D eigenvalue weighted by Gasteiger charge is 2.11. The second kappa shape index (κ2) is 6.86. The summed E-state index contributed by atoms with van der Waals surface area (Å²) in [5, 5.41) is 9.42. The first-order chi connectivity index (χ1) is 9.61. The number of aryl methyl sites for hydroxylation is 1. The minimum absolute atomic E-state index is 0.546. The summed E-state index contributed by atoms with van der Waals surface area (Å²) in [7, 11) is 2.02. The summed E-state index contributed by atoms with van der Waals surface area (Å²) >= 11 is 0. The summed E-state index contributed by atoms with van der Waals surface area (Å²) in [5.41, 5.74) is 2.38. The summed E-state index contributed by atoms with van der Waals surface area (Å²) in [6, 6.07) is 8.99. The van der Waals surface area contributed by atoms with Gasteiger partial charge in [0.2, 0.25) is 0 Å². The fourth-order valence-electron chi connectivity index (χ4n) is 2.48. The third kappa shape index (κ3) is 3.58. The van der Waals surface area contributed by atoms with Gasteiger partial charge in [0.05, 0.1) is 11.2 Å². The first-order valence-corrected chi connectivity index (χ1v) is 7.48. The van der Waals surface area contributed by atoms with Gasteiger partial charge in [0.1, 0.15) is 0 Å². The third-order valence-electron chi connectivity index (χ3n) is 3.64. The van der Waals surface area contributed by atoms with Crippen LogP contribution in [0.2, 0.25) is 0 Å². The lowest BCUT2D eigenvalue weighted by Crippen LogP contribution is -2.34. The highest BCUT2D eigenvalue weighted by Crippen LogP contribution is 2.18. The van der Waals surface area contributed by atoms with Crippen LogP contribution in [0.15, 0.2) is 24.3 Å². The molecule has 4 nitrogen and oxygen atoms in total. The van der Waals surface area contributed by atoms with E-state index in [0.29, 0.717) is 6.04 Å². The molecule has 0 bridgehead atoms. The van der Waals surface area contributed by atoms with Crippen LogP contribution in [0.5, 0.6) is 0 Å². The van der Waals surface area contributed by atoms with Gasteiger partial charge in [-0.1, -0.05) is 39.0 Å². The molecule has 1 aromatic heterocycles. The molecule has 1 N–H and O–H groups in total. The van der Waals surface area contributed by atoms with E-state index in [1.807, 2.05) is 11.7 Å². The third-order valence-corrected chi connectivity index (χ3v) is 3.64. The molecule has 0 aliphatic carbocycles. The maximum absolute atomic E-state index is 4.68. The maximum Gasteiger partial charge on any atom is 0.0843 e. The van der Waals surface area contributed by atoms with E-state index >= 15 is 0 Å². The molecular weight excluding hydrogens is 248 g/mol. The molecule has 4 heteroatoms. The quantitative estimate of drug-likeness (QED) is 0.841. The van der Waals surface area contributed by atoms with Crippen LogP contribution < -0.4 is 5.32 Å². The van der Waals surface area contributed by atoms with Crippen molar-refractivity contribution in [3.8, 4) is 0 Å². The number of nitrogens with one attached hydrogen (secondary N) is 1. The van der Waals surface area contributed by atoms with Gasteiger partial charge in [0.15, 0.2) is 0 Å². The number of nitrogens with zero attached hydrogens (tertiary/aromatic N) is 3. The average molecular weight is 274 g/mol. The number of likely N-dealkylation sites (N-methyl/N-ethyl adjacent to an activating group) is 1. The molecule has 0 aliphatic heterocycles. The molecule has 0 unspecified atom stereocenters. The molecular formula is C16H26N4. The molecule has 0 radical (unpaired) electrons. The molecule has 0 amide bonds. The Bertz CT molecular complexity index is 544. The second-order valence-electron chi connectivity index (χ2n) is 5.57. The Morgan fingerprint density at radius 1 is 1.30 bits per heavy atom. The first kappa shape index (κ1) is 15.0. The molecule has 1 aromatic carbocycles. The Labute approximate surface area is 121 Å². The van der Waals surface area contributed by atoms with Crippen LogP contribution in [-0.2, 0) is 13.6 Å². The van der Waals surface area contributed by atoms with Crippen LogP contribution in [0.25, 0.3) is 10.9 Å². The normalized spacial score (nSPS) is 11.9. The highest BCUT2D eigenvalue weighted by molar-refractivity contribution is 5.81.